The zero-order valence-electron chi connectivity index (χ0n) is 14.6. The zero-order chi connectivity index (χ0) is 18.3. The minimum absolute atomic E-state index is 0.0527. The number of ether oxygens (including phenoxy) is 1. The van der Waals surface area contributed by atoms with E-state index in [-0.39, 0.29) is 12.0 Å². The molecule has 0 saturated carbocycles. The number of carbonyl (C=O) groups is 2. The fraction of sp³-hybridized carbons (Fsp3) is 0.706. The Labute approximate surface area is 148 Å². The van der Waals surface area contributed by atoms with Crippen molar-refractivity contribution in [2.24, 2.45) is 0 Å². The minimum Gasteiger partial charge on any atom is -0.481 e. The summed E-state index contributed by atoms with van der Waals surface area (Å²) in [6, 6.07) is 1.89. The Morgan fingerprint density at radius 3 is 2.60 bits per heavy atom. The molecule has 3 N–H and O–H groups in total. The van der Waals surface area contributed by atoms with Gasteiger partial charge in [-0.25, -0.2) is 0 Å². The van der Waals surface area contributed by atoms with Crippen LogP contribution in [-0.2, 0) is 14.3 Å². The standard InChI is InChI=1S/C17H28N4O4/c18-13-15(17(24)20-7-3-1-2-5-16(22)23)14-19-6-4-8-21-9-11-25-12-10-21/h14,19H,1-12H2,(H,20,24)(H,22,23)/b15-14-. The van der Waals surface area contributed by atoms with Crippen LogP contribution in [0.3, 0.4) is 0 Å². The van der Waals surface area contributed by atoms with E-state index in [2.05, 4.69) is 15.5 Å². The SMILES string of the molecule is N#C/C(=C/NCCCN1CCOCC1)C(=O)NCCCCCC(=O)O. The van der Waals surface area contributed by atoms with Crippen LogP contribution >= 0.6 is 0 Å². The quantitative estimate of drug-likeness (QED) is 0.266. The van der Waals surface area contributed by atoms with Gasteiger partial charge in [-0.3, -0.25) is 14.5 Å². The average Bonchev–Trinajstić information content (AvgIpc) is 2.61. The summed E-state index contributed by atoms with van der Waals surface area (Å²) >= 11 is 0. The maximum atomic E-state index is 11.9. The number of unbranched alkanes of at least 4 members (excludes halogenated alkanes) is 2. The Balaban J connectivity index is 2.11. The van der Waals surface area contributed by atoms with E-state index in [0.717, 1.165) is 45.7 Å². The molecule has 8 nitrogen and oxygen atoms in total. The molecule has 0 unspecified atom stereocenters. The lowest BCUT2D eigenvalue weighted by molar-refractivity contribution is -0.137. The molecule has 1 amide bonds. The van der Waals surface area contributed by atoms with E-state index < -0.39 is 11.9 Å². The third kappa shape index (κ3) is 10.4. The van der Waals surface area contributed by atoms with Gasteiger partial charge in [-0.1, -0.05) is 6.42 Å². The van der Waals surface area contributed by atoms with Crippen LogP contribution < -0.4 is 10.6 Å². The zero-order valence-corrected chi connectivity index (χ0v) is 14.6. The molecular formula is C17H28N4O4. The number of amides is 1. The van der Waals surface area contributed by atoms with Crippen molar-refractivity contribution in [1.82, 2.24) is 15.5 Å². The van der Waals surface area contributed by atoms with Gasteiger partial charge in [-0.05, 0) is 25.8 Å². The Bertz CT molecular complexity index is 482. The lowest BCUT2D eigenvalue weighted by Gasteiger charge is -2.26. The predicted octanol–water partition coefficient (Wildman–Crippen LogP) is 0.467. The van der Waals surface area contributed by atoms with Gasteiger partial charge < -0.3 is 20.5 Å². The normalized spacial score (nSPS) is 15.4. The average molecular weight is 352 g/mol. The van der Waals surface area contributed by atoms with Crippen molar-refractivity contribution in [3.63, 3.8) is 0 Å². The van der Waals surface area contributed by atoms with Crippen molar-refractivity contribution in [1.29, 1.82) is 5.26 Å². The number of morpholine rings is 1. The van der Waals surface area contributed by atoms with E-state index in [1.165, 1.54) is 6.20 Å². The highest BCUT2D eigenvalue weighted by molar-refractivity contribution is 5.97. The van der Waals surface area contributed by atoms with Gasteiger partial charge in [0, 0.05) is 38.8 Å². The molecule has 0 radical (unpaired) electrons. The van der Waals surface area contributed by atoms with Crippen LogP contribution in [0, 0.1) is 11.3 Å². The van der Waals surface area contributed by atoms with Gasteiger partial charge in [0.05, 0.1) is 13.2 Å². The number of nitriles is 1. The van der Waals surface area contributed by atoms with Crippen LogP contribution in [0.5, 0.6) is 0 Å². The van der Waals surface area contributed by atoms with Crippen molar-refractivity contribution < 1.29 is 19.4 Å². The van der Waals surface area contributed by atoms with Gasteiger partial charge in [0.2, 0.25) is 0 Å². The van der Waals surface area contributed by atoms with Gasteiger partial charge in [-0.2, -0.15) is 5.26 Å². The van der Waals surface area contributed by atoms with Crippen molar-refractivity contribution in [2.45, 2.75) is 32.1 Å². The van der Waals surface area contributed by atoms with Gasteiger partial charge in [0.1, 0.15) is 11.6 Å². The van der Waals surface area contributed by atoms with Crippen LogP contribution in [0.4, 0.5) is 0 Å². The molecule has 140 valence electrons. The van der Waals surface area contributed by atoms with Gasteiger partial charge in [0.25, 0.3) is 5.91 Å². The number of nitrogens with one attached hydrogen (secondary N) is 2. The first-order chi connectivity index (χ1) is 12.1. The molecule has 0 aromatic carbocycles. The lowest BCUT2D eigenvalue weighted by Crippen LogP contribution is -2.37. The number of carboxylic acid groups (broad SMARTS) is 1. The molecule has 8 heteroatoms. The first-order valence-corrected chi connectivity index (χ1v) is 8.77. The van der Waals surface area contributed by atoms with Gasteiger partial charge in [-0.15, -0.1) is 0 Å². The van der Waals surface area contributed by atoms with Crippen molar-refractivity contribution in [3.8, 4) is 6.07 Å². The molecule has 0 spiro atoms. The van der Waals surface area contributed by atoms with Gasteiger partial charge in [0.15, 0.2) is 0 Å². The molecule has 0 aromatic rings. The number of carboxylic acids is 1. The molecular weight excluding hydrogens is 324 g/mol. The second-order valence-corrected chi connectivity index (χ2v) is 5.89. The highest BCUT2D eigenvalue weighted by Crippen LogP contribution is 2.00. The molecule has 1 aliphatic rings. The van der Waals surface area contributed by atoms with Crippen LogP contribution in [0.25, 0.3) is 0 Å². The monoisotopic (exact) mass is 352 g/mol. The summed E-state index contributed by atoms with van der Waals surface area (Å²) in [5.74, 6) is -1.21. The van der Waals surface area contributed by atoms with E-state index in [9.17, 15) is 9.59 Å². The molecule has 1 aliphatic heterocycles. The van der Waals surface area contributed by atoms with Crippen molar-refractivity contribution in [3.05, 3.63) is 11.8 Å². The molecule has 1 saturated heterocycles. The van der Waals surface area contributed by atoms with E-state index >= 15 is 0 Å². The second-order valence-electron chi connectivity index (χ2n) is 5.89. The van der Waals surface area contributed by atoms with E-state index in [1.807, 2.05) is 6.07 Å². The minimum atomic E-state index is -0.807. The Morgan fingerprint density at radius 1 is 1.16 bits per heavy atom. The maximum absolute atomic E-state index is 11.9. The first-order valence-electron chi connectivity index (χ1n) is 8.77. The molecule has 1 heterocycles. The van der Waals surface area contributed by atoms with Crippen molar-refractivity contribution in [2.75, 3.05) is 45.9 Å². The molecule has 0 bridgehead atoms. The van der Waals surface area contributed by atoms with E-state index in [1.54, 1.807) is 0 Å². The Morgan fingerprint density at radius 2 is 1.92 bits per heavy atom. The van der Waals surface area contributed by atoms with Crippen LogP contribution in [0.1, 0.15) is 32.1 Å². The van der Waals surface area contributed by atoms with E-state index in [0.29, 0.717) is 25.9 Å². The molecule has 25 heavy (non-hydrogen) atoms. The predicted molar refractivity (Wildman–Crippen MR) is 92.7 cm³/mol. The summed E-state index contributed by atoms with van der Waals surface area (Å²) in [6.07, 6.45) is 4.56. The summed E-state index contributed by atoms with van der Waals surface area (Å²) in [5, 5.41) is 23.3. The highest BCUT2D eigenvalue weighted by Gasteiger charge is 2.10. The summed E-state index contributed by atoms with van der Waals surface area (Å²) in [7, 11) is 0. The lowest BCUT2D eigenvalue weighted by atomic mass is 10.2. The number of aliphatic carboxylic acids is 1. The van der Waals surface area contributed by atoms with Crippen LogP contribution in [0.15, 0.2) is 11.8 Å². The molecule has 0 atom stereocenters. The molecule has 0 aromatic heterocycles. The summed E-state index contributed by atoms with van der Waals surface area (Å²) in [4.78, 5) is 24.6. The molecule has 1 fully saturated rings. The smallest absolute Gasteiger partial charge is 0.303 e. The number of nitrogens with zero attached hydrogens (tertiary/aromatic N) is 2. The van der Waals surface area contributed by atoms with Crippen LogP contribution in [0.2, 0.25) is 0 Å². The van der Waals surface area contributed by atoms with Crippen molar-refractivity contribution >= 4 is 11.9 Å². The highest BCUT2D eigenvalue weighted by atomic mass is 16.5. The fourth-order valence-corrected chi connectivity index (χ4v) is 2.43. The maximum Gasteiger partial charge on any atom is 0.303 e. The fourth-order valence-electron chi connectivity index (χ4n) is 2.43. The third-order valence-electron chi connectivity index (χ3n) is 3.86. The van der Waals surface area contributed by atoms with Crippen LogP contribution in [-0.4, -0.2) is 67.8 Å². The third-order valence-corrected chi connectivity index (χ3v) is 3.86. The Hall–Kier alpha value is -2.11. The first kappa shape index (κ1) is 20.9. The topological polar surface area (TPSA) is 115 Å². The summed E-state index contributed by atoms with van der Waals surface area (Å²) in [6.45, 7) is 5.57. The Kier molecular flexibility index (Phi) is 11.1. The number of hydrogen-bond donors (Lipinski definition) is 3. The second kappa shape index (κ2) is 13.2. The summed E-state index contributed by atoms with van der Waals surface area (Å²) < 4.78 is 5.29. The summed E-state index contributed by atoms with van der Waals surface area (Å²) in [5.41, 5.74) is 0.0527. The molecule has 0 aliphatic carbocycles. The number of hydrogen-bond acceptors (Lipinski definition) is 6. The largest absolute Gasteiger partial charge is 0.481 e. The van der Waals surface area contributed by atoms with Gasteiger partial charge >= 0.3 is 5.97 Å². The number of carbonyl (C=O) groups excluding carboxylic acids is 1. The number of rotatable bonds is 12. The van der Waals surface area contributed by atoms with E-state index in [4.69, 9.17) is 15.1 Å². The molecule has 1 rings (SSSR count).